The minimum absolute atomic E-state index is 0.120. The molecular formula is C11H17N5O2S2. The van der Waals surface area contributed by atoms with Gasteiger partial charge in [-0.25, -0.2) is 13.1 Å². The molecule has 0 aromatic carbocycles. The third kappa shape index (κ3) is 3.42. The van der Waals surface area contributed by atoms with Crippen molar-refractivity contribution in [2.24, 2.45) is 7.05 Å². The van der Waals surface area contributed by atoms with Gasteiger partial charge in [0.15, 0.2) is 0 Å². The molecule has 2 N–H and O–H groups in total. The minimum atomic E-state index is -3.53. The number of sulfonamides is 1. The van der Waals surface area contributed by atoms with E-state index in [9.17, 15) is 8.42 Å². The predicted octanol–water partition coefficient (Wildman–Crippen LogP) is 0.465. The Morgan fingerprint density at radius 3 is 2.85 bits per heavy atom. The van der Waals surface area contributed by atoms with Gasteiger partial charge >= 0.3 is 0 Å². The first-order valence-electron chi connectivity index (χ1n) is 6.14. The average Bonchev–Trinajstić information content (AvgIpc) is 3.03. The molecule has 0 aliphatic rings. The van der Waals surface area contributed by atoms with Crippen LogP contribution < -0.4 is 10.0 Å². The first-order valence-corrected chi connectivity index (χ1v) is 8.50. The van der Waals surface area contributed by atoms with E-state index in [0.29, 0.717) is 17.3 Å². The summed E-state index contributed by atoms with van der Waals surface area (Å²) in [5.41, 5.74) is 0. The van der Waals surface area contributed by atoms with Gasteiger partial charge in [-0.05, 0) is 18.0 Å². The largest absolute Gasteiger partial charge is 0.320 e. The Labute approximate surface area is 122 Å². The van der Waals surface area contributed by atoms with E-state index in [1.54, 1.807) is 23.1 Å². The van der Waals surface area contributed by atoms with Gasteiger partial charge in [-0.2, -0.15) is 0 Å². The monoisotopic (exact) mass is 315 g/mol. The van der Waals surface area contributed by atoms with Gasteiger partial charge in [-0.3, -0.25) is 0 Å². The highest BCUT2D eigenvalue weighted by Gasteiger charge is 2.19. The first kappa shape index (κ1) is 15.1. The van der Waals surface area contributed by atoms with E-state index >= 15 is 0 Å². The molecule has 2 rings (SSSR count). The van der Waals surface area contributed by atoms with Crippen molar-refractivity contribution in [1.29, 1.82) is 0 Å². The summed E-state index contributed by atoms with van der Waals surface area (Å²) < 4.78 is 28.8. The molecule has 20 heavy (non-hydrogen) atoms. The van der Waals surface area contributed by atoms with E-state index in [2.05, 4.69) is 20.2 Å². The molecule has 0 bridgehead atoms. The zero-order chi connectivity index (χ0) is 14.6. The Balaban J connectivity index is 2.10. The van der Waals surface area contributed by atoms with Crippen LogP contribution in [0.25, 0.3) is 0 Å². The third-order valence-electron chi connectivity index (χ3n) is 2.76. The normalized spacial score (nSPS) is 11.9. The van der Waals surface area contributed by atoms with Gasteiger partial charge in [-0.1, -0.05) is 6.92 Å². The van der Waals surface area contributed by atoms with E-state index in [4.69, 9.17) is 0 Å². The van der Waals surface area contributed by atoms with Crippen LogP contribution in [0.4, 0.5) is 0 Å². The summed E-state index contributed by atoms with van der Waals surface area (Å²) in [4.78, 5) is 1.13. The van der Waals surface area contributed by atoms with Crippen molar-refractivity contribution in [3.63, 3.8) is 0 Å². The summed E-state index contributed by atoms with van der Waals surface area (Å²) in [7, 11) is -1.76. The Hall–Kier alpha value is -1.29. The fraction of sp³-hybridized carbons (Fsp3) is 0.455. The summed E-state index contributed by atoms with van der Waals surface area (Å²) in [6, 6.07) is 1.62. The standard InChI is InChI=1S/C11H17N5O2S2/c1-3-12-6-9-10(4-5-19-9)20(17,18)14-7-11-15-13-8-16(11)2/h4-5,8,12,14H,3,6-7H2,1-2H3. The Bertz CT molecular complexity index is 662. The van der Waals surface area contributed by atoms with Gasteiger partial charge in [0.1, 0.15) is 12.2 Å². The van der Waals surface area contributed by atoms with Crippen LogP contribution in [0.1, 0.15) is 17.6 Å². The number of nitrogens with one attached hydrogen (secondary N) is 2. The van der Waals surface area contributed by atoms with Crippen LogP contribution in [0.3, 0.4) is 0 Å². The molecule has 2 aromatic heterocycles. The third-order valence-corrected chi connectivity index (χ3v) is 5.29. The molecule has 9 heteroatoms. The van der Waals surface area contributed by atoms with Crippen molar-refractivity contribution in [2.75, 3.05) is 6.54 Å². The van der Waals surface area contributed by atoms with Crippen molar-refractivity contribution < 1.29 is 8.42 Å². The second kappa shape index (κ2) is 6.44. The highest BCUT2D eigenvalue weighted by molar-refractivity contribution is 7.89. The van der Waals surface area contributed by atoms with E-state index in [-0.39, 0.29) is 6.54 Å². The maximum atomic E-state index is 12.3. The summed E-state index contributed by atoms with van der Waals surface area (Å²) >= 11 is 1.43. The van der Waals surface area contributed by atoms with Gasteiger partial charge in [0.2, 0.25) is 10.0 Å². The van der Waals surface area contributed by atoms with Crippen molar-refractivity contribution in [3.8, 4) is 0 Å². The molecule has 0 spiro atoms. The number of thiophene rings is 1. The maximum Gasteiger partial charge on any atom is 0.242 e. The summed E-state index contributed by atoms with van der Waals surface area (Å²) in [6.45, 7) is 3.45. The Morgan fingerprint density at radius 2 is 2.20 bits per heavy atom. The second-order valence-electron chi connectivity index (χ2n) is 4.17. The molecule has 110 valence electrons. The number of nitrogens with zero attached hydrogens (tertiary/aromatic N) is 3. The SMILES string of the molecule is CCNCc1sccc1S(=O)(=O)NCc1nncn1C. The molecule has 0 amide bonds. The molecule has 0 saturated heterocycles. The number of hydrogen-bond donors (Lipinski definition) is 2. The van der Waals surface area contributed by atoms with Crippen LogP contribution in [0.15, 0.2) is 22.7 Å². The summed E-state index contributed by atoms with van der Waals surface area (Å²) in [5.74, 6) is 0.567. The van der Waals surface area contributed by atoms with Gasteiger partial charge in [0.05, 0.1) is 11.4 Å². The van der Waals surface area contributed by atoms with Crippen molar-refractivity contribution in [2.45, 2.75) is 24.9 Å². The topological polar surface area (TPSA) is 88.9 Å². The molecule has 0 unspecified atom stereocenters. The van der Waals surface area contributed by atoms with E-state index in [1.807, 2.05) is 6.92 Å². The molecule has 7 nitrogen and oxygen atoms in total. The number of rotatable bonds is 7. The lowest BCUT2D eigenvalue weighted by molar-refractivity contribution is 0.576. The maximum absolute atomic E-state index is 12.3. The fourth-order valence-electron chi connectivity index (χ4n) is 1.64. The van der Waals surface area contributed by atoms with Crippen LogP contribution in [-0.2, 0) is 30.2 Å². The lowest BCUT2D eigenvalue weighted by Crippen LogP contribution is -2.26. The smallest absolute Gasteiger partial charge is 0.242 e. The second-order valence-corrected chi connectivity index (χ2v) is 6.91. The number of aromatic nitrogens is 3. The quantitative estimate of drug-likeness (QED) is 0.775. The van der Waals surface area contributed by atoms with Gasteiger partial charge < -0.3 is 9.88 Å². The molecule has 0 atom stereocenters. The fourth-order valence-corrected chi connectivity index (χ4v) is 4.03. The average molecular weight is 315 g/mol. The summed E-state index contributed by atoms with van der Waals surface area (Å²) in [6.07, 6.45) is 1.53. The zero-order valence-corrected chi connectivity index (χ0v) is 13.0. The Kier molecular flexibility index (Phi) is 4.86. The van der Waals surface area contributed by atoms with Crippen molar-refractivity contribution >= 4 is 21.4 Å². The highest BCUT2D eigenvalue weighted by Crippen LogP contribution is 2.21. The first-order chi connectivity index (χ1) is 9.54. The lowest BCUT2D eigenvalue weighted by Gasteiger charge is -2.07. The van der Waals surface area contributed by atoms with Crippen LogP contribution >= 0.6 is 11.3 Å². The van der Waals surface area contributed by atoms with Crippen molar-refractivity contribution in [3.05, 3.63) is 28.5 Å². The van der Waals surface area contributed by atoms with Crippen LogP contribution in [0.2, 0.25) is 0 Å². The highest BCUT2D eigenvalue weighted by atomic mass is 32.2. The van der Waals surface area contributed by atoms with Gasteiger partial charge in [0, 0.05) is 18.5 Å². The predicted molar refractivity (Wildman–Crippen MR) is 76.7 cm³/mol. The zero-order valence-electron chi connectivity index (χ0n) is 11.3. The molecule has 2 heterocycles. The molecule has 0 saturated carbocycles. The van der Waals surface area contributed by atoms with Crippen LogP contribution in [0.5, 0.6) is 0 Å². The molecule has 0 aliphatic carbocycles. The molecule has 0 aliphatic heterocycles. The van der Waals surface area contributed by atoms with E-state index in [1.165, 1.54) is 17.7 Å². The van der Waals surface area contributed by atoms with Crippen LogP contribution in [-0.4, -0.2) is 29.7 Å². The molecular weight excluding hydrogens is 298 g/mol. The van der Waals surface area contributed by atoms with E-state index in [0.717, 1.165) is 11.4 Å². The van der Waals surface area contributed by atoms with Crippen LogP contribution in [0, 0.1) is 0 Å². The number of hydrogen-bond acceptors (Lipinski definition) is 6. The molecule has 0 radical (unpaired) electrons. The van der Waals surface area contributed by atoms with Gasteiger partial charge in [0.25, 0.3) is 0 Å². The minimum Gasteiger partial charge on any atom is -0.320 e. The molecule has 2 aromatic rings. The number of aryl methyl sites for hydroxylation is 1. The van der Waals surface area contributed by atoms with Crippen molar-refractivity contribution in [1.82, 2.24) is 24.8 Å². The van der Waals surface area contributed by atoms with E-state index < -0.39 is 10.0 Å². The lowest BCUT2D eigenvalue weighted by atomic mass is 10.4. The Morgan fingerprint density at radius 1 is 1.40 bits per heavy atom. The summed E-state index contributed by atoms with van der Waals surface area (Å²) in [5, 5.41) is 12.5. The molecule has 0 fully saturated rings. The van der Waals surface area contributed by atoms with Gasteiger partial charge in [-0.15, -0.1) is 21.5 Å².